The van der Waals surface area contributed by atoms with Crippen molar-refractivity contribution in [3.05, 3.63) is 0 Å². The summed E-state index contributed by atoms with van der Waals surface area (Å²) >= 11 is 0. The van der Waals surface area contributed by atoms with Crippen molar-refractivity contribution in [2.45, 2.75) is 38.1 Å². The Bertz CT molecular complexity index is 243. The van der Waals surface area contributed by atoms with Crippen molar-refractivity contribution in [2.24, 2.45) is 0 Å². The predicted octanol–water partition coefficient (Wildman–Crippen LogP) is 0.683. The van der Waals surface area contributed by atoms with Crippen LogP contribution in [0.5, 0.6) is 0 Å². The standard InChI is InChI=1S/C13H25N3O/c1-15-8-10-16(11-9-15)7-6-13(17)14-12-4-2-3-5-12/h12H,2-11H2,1H3,(H,14,17). The van der Waals surface area contributed by atoms with Crippen LogP contribution in [-0.2, 0) is 4.79 Å². The number of hydrogen-bond donors (Lipinski definition) is 1. The van der Waals surface area contributed by atoms with Gasteiger partial charge in [-0.1, -0.05) is 12.8 Å². The highest BCUT2D eigenvalue weighted by Crippen LogP contribution is 2.17. The minimum absolute atomic E-state index is 0.246. The number of piperazine rings is 1. The number of carbonyl (C=O) groups is 1. The number of rotatable bonds is 4. The first kappa shape index (κ1) is 12.8. The topological polar surface area (TPSA) is 35.6 Å². The fourth-order valence-electron chi connectivity index (χ4n) is 2.70. The number of nitrogens with one attached hydrogen (secondary N) is 1. The van der Waals surface area contributed by atoms with E-state index in [0.717, 1.165) is 32.7 Å². The van der Waals surface area contributed by atoms with E-state index in [1.54, 1.807) is 0 Å². The molecule has 0 aromatic carbocycles. The van der Waals surface area contributed by atoms with Crippen LogP contribution in [-0.4, -0.2) is 61.5 Å². The van der Waals surface area contributed by atoms with Crippen LogP contribution >= 0.6 is 0 Å². The normalized spacial score (nSPS) is 24.1. The van der Waals surface area contributed by atoms with Crippen molar-refractivity contribution in [2.75, 3.05) is 39.8 Å². The van der Waals surface area contributed by atoms with Crippen molar-refractivity contribution in [1.82, 2.24) is 15.1 Å². The van der Waals surface area contributed by atoms with Crippen molar-refractivity contribution in [3.8, 4) is 0 Å². The third kappa shape index (κ3) is 4.28. The van der Waals surface area contributed by atoms with Crippen molar-refractivity contribution in [3.63, 3.8) is 0 Å². The monoisotopic (exact) mass is 239 g/mol. The average Bonchev–Trinajstić information content (AvgIpc) is 2.81. The molecule has 98 valence electrons. The fourth-order valence-corrected chi connectivity index (χ4v) is 2.70. The Labute approximate surface area is 104 Å². The van der Waals surface area contributed by atoms with Gasteiger partial charge in [-0.2, -0.15) is 0 Å². The van der Waals surface area contributed by atoms with Gasteiger partial charge in [-0.3, -0.25) is 4.79 Å². The van der Waals surface area contributed by atoms with Crippen molar-refractivity contribution in [1.29, 1.82) is 0 Å². The van der Waals surface area contributed by atoms with Gasteiger partial charge in [0.15, 0.2) is 0 Å². The molecule has 2 aliphatic rings. The summed E-state index contributed by atoms with van der Waals surface area (Å²) < 4.78 is 0. The van der Waals surface area contributed by atoms with Crippen LogP contribution in [0.15, 0.2) is 0 Å². The predicted molar refractivity (Wildman–Crippen MR) is 69.0 cm³/mol. The maximum Gasteiger partial charge on any atom is 0.221 e. The summed E-state index contributed by atoms with van der Waals surface area (Å²) in [6, 6.07) is 0.468. The Morgan fingerprint density at radius 2 is 1.82 bits per heavy atom. The van der Waals surface area contributed by atoms with Crippen LogP contribution in [0.3, 0.4) is 0 Å². The lowest BCUT2D eigenvalue weighted by molar-refractivity contribution is -0.122. The van der Waals surface area contributed by atoms with Crippen LogP contribution in [0, 0.1) is 0 Å². The molecule has 0 aromatic rings. The molecule has 2 rings (SSSR count). The zero-order valence-corrected chi connectivity index (χ0v) is 11.0. The first-order valence-corrected chi connectivity index (χ1v) is 6.94. The molecule has 1 saturated carbocycles. The van der Waals surface area contributed by atoms with E-state index in [2.05, 4.69) is 22.2 Å². The van der Waals surface area contributed by atoms with E-state index in [1.807, 2.05) is 0 Å². The lowest BCUT2D eigenvalue weighted by atomic mass is 10.2. The Balaban J connectivity index is 1.59. The Morgan fingerprint density at radius 3 is 2.47 bits per heavy atom. The molecule has 0 unspecified atom stereocenters. The SMILES string of the molecule is CN1CCN(CCC(=O)NC2CCCC2)CC1. The second-order valence-corrected chi connectivity index (χ2v) is 5.44. The summed E-state index contributed by atoms with van der Waals surface area (Å²) in [6.45, 7) is 5.39. The highest BCUT2D eigenvalue weighted by atomic mass is 16.1. The molecule has 1 saturated heterocycles. The molecule has 0 bridgehead atoms. The van der Waals surface area contributed by atoms with E-state index in [1.165, 1.54) is 25.7 Å². The average molecular weight is 239 g/mol. The number of amides is 1. The van der Waals surface area contributed by atoms with Gasteiger partial charge in [-0.05, 0) is 19.9 Å². The Hall–Kier alpha value is -0.610. The molecule has 0 atom stereocenters. The van der Waals surface area contributed by atoms with Crippen molar-refractivity contribution >= 4 is 5.91 Å². The van der Waals surface area contributed by atoms with E-state index >= 15 is 0 Å². The Kier molecular flexibility index (Phi) is 4.80. The summed E-state index contributed by atoms with van der Waals surface area (Å²) in [5, 5.41) is 3.15. The van der Waals surface area contributed by atoms with E-state index in [9.17, 15) is 4.79 Å². The van der Waals surface area contributed by atoms with Crippen LogP contribution in [0.2, 0.25) is 0 Å². The van der Waals surface area contributed by atoms with Gasteiger partial charge in [0.2, 0.25) is 5.91 Å². The lowest BCUT2D eigenvalue weighted by Crippen LogP contribution is -2.45. The van der Waals surface area contributed by atoms with Gasteiger partial charge in [0.1, 0.15) is 0 Å². The second-order valence-electron chi connectivity index (χ2n) is 5.44. The molecule has 1 aliphatic heterocycles. The summed E-state index contributed by atoms with van der Waals surface area (Å²) in [4.78, 5) is 16.5. The maximum atomic E-state index is 11.8. The molecule has 2 fully saturated rings. The van der Waals surface area contributed by atoms with Crippen LogP contribution in [0.4, 0.5) is 0 Å². The molecule has 1 heterocycles. The van der Waals surface area contributed by atoms with Crippen LogP contribution < -0.4 is 5.32 Å². The largest absolute Gasteiger partial charge is 0.353 e. The third-order valence-corrected chi connectivity index (χ3v) is 3.97. The number of carbonyl (C=O) groups excluding carboxylic acids is 1. The van der Waals surface area contributed by atoms with Gasteiger partial charge in [0, 0.05) is 45.2 Å². The summed E-state index contributed by atoms with van der Waals surface area (Å²) in [7, 11) is 2.16. The van der Waals surface area contributed by atoms with Gasteiger partial charge >= 0.3 is 0 Å². The van der Waals surface area contributed by atoms with Gasteiger partial charge in [-0.15, -0.1) is 0 Å². The third-order valence-electron chi connectivity index (χ3n) is 3.97. The summed E-state index contributed by atoms with van der Waals surface area (Å²) in [6.07, 6.45) is 5.59. The number of nitrogens with zero attached hydrogens (tertiary/aromatic N) is 2. The first-order chi connectivity index (χ1) is 8.24. The van der Waals surface area contributed by atoms with E-state index in [-0.39, 0.29) is 5.91 Å². The lowest BCUT2D eigenvalue weighted by Gasteiger charge is -2.32. The second kappa shape index (κ2) is 6.36. The highest BCUT2D eigenvalue weighted by molar-refractivity contribution is 5.76. The Morgan fingerprint density at radius 1 is 1.18 bits per heavy atom. The quantitative estimate of drug-likeness (QED) is 0.784. The van der Waals surface area contributed by atoms with Crippen LogP contribution in [0.25, 0.3) is 0 Å². The van der Waals surface area contributed by atoms with Gasteiger partial charge in [-0.25, -0.2) is 0 Å². The molecule has 0 radical (unpaired) electrons. The van der Waals surface area contributed by atoms with Gasteiger partial charge in [0.05, 0.1) is 0 Å². The van der Waals surface area contributed by atoms with Crippen LogP contribution in [0.1, 0.15) is 32.1 Å². The molecule has 0 spiro atoms. The smallest absolute Gasteiger partial charge is 0.221 e. The van der Waals surface area contributed by atoms with Crippen molar-refractivity contribution < 1.29 is 4.79 Å². The fraction of sp³-hybridized carbons (Fsp3) is 0.923. The molecular weight excluding hydrogens is 214 g/mol. The van der Waals surface area contributed by atoms with Gasteiger partial charge in [0.25, 0.3) is 0 Å². The molecule has 4 nitrogen and oxygen atoms in total. The number of hydrogen-bond acceptors (Lipinski definition) is 3. The minimum atomic E-state index is 0.246. The molecule has 1 amide bonds. The molecule has 17 heavy (non-hydrogen) atoms. The molecule has 1 aliphatic carbocycles. The summed E-state index contributed by atoms with van der Waals surface area (Å²) in [5.74, 6) is 0.246. The highest BCUT2D eigenvalue weighted by Gasteiger charge is 2.18. The maximum absolute atomic E-state index is 11.8. The minimum Gasteiger partial charge on any atom is -0.353 e. The molecule has 0 aromatic heterocycles. The summed E-state index contributed by atoms with van der Waals surface area (Å²) in [5.41, 5.74) is 0. The molecule has 4 heteroatoms. The van der Waals surface area contributed by atoms with E-state index in [4.69, 9.17) is 0 Å². The van der Waals surface area contributed by atoms with E-state index in [0.29, 0.717) is 12.5 Å². The molecular formula is C13H25N3O. The van der Waals surface area contributed by atoms with E-state index < -0.39 is 0 Å². The van der Waals surface area contributed by atoms with Gasteiger partial charge < -0.3 is 15.1 Å². The molecule has 1 N–H and O–H groups in total. The first-order valence-electron chi connectivity index (χ1n) is 6.94. The zero-order valence-electron chi connectivity index (χ0n) is 11.0. The number of likely N-dealkylation sites (N-methyl/N-ethyl adjacent to an activating group) is 1. The zero-order chi connectivity index (χ0) is 12.1.